The van der Waals surface area contributed by atoms with E-state index in [1.807, 2.05) is 0 Å². The standard InChI is InChI=1S/C16H15Cl2NO2S/c1-2-22-8-12-13(17)6-5-10(14(12)18)15(20)11-7-19-21-16(11)9-3-4-9/h5-7,9H,2-4,8H2,1H3. The highest BCUT2D eigenvalue weighted by atomic mass is 35.5. The van der Waals surface area contributed by atoms with E-state index in [4.69, 9.17) is 27.7 Å². The zero-order chi connectivity index (χ0) is 15.7. The molecule has 0 unspecified atom stereocenters. The number of halogens is 2. The number of hydrogen-bond acceptors (Lipinski definition) is 4. The lowest BCUT2D eigenvalue weighted by Crippen LogP contribution is -2.05. The molecule has 1 aromatic carbocycles. The topological polar surface area (TPSA) is 43.1 Å². The van der Waals surface area contributed by atoms with Gasteiger partial charge in [-0.15, -0.1) is 0 Å². The van der Waals surface area contributed by atoms with Crippen molar-refractivity contribution < 1.29 is 9.32 Å². The van der Waals surface area contributed by atoms with E-state index in [0.717, 1.165) is 24.2 Å². The van der Waals surface area contributed by atoms with Gasteiger partial charge in [-0.3, -0.25) is 4.79 Å². The van der Waals surface area contributed by atoms with E-state index in [-0.39, 0.29) is 5.78 Å². The number of carbonyl (C=O) groups is 1. The zero-order valence-corrected chi connectivity index (χ0v) is 14.4. The molecule has 3 nitrogen and oxygen atoms in total. The van der Waals surface area contributed by atoms with Crippen LogP contribution >= 0.6 is 35.0 Å². The van der Waals surface area contributed by atoms with Crippen molar-refractivity contribution in [1.82, 2.24) is 5.16 Å². The van der Waals surface area contributed by atoms with Crippen LogP contribution in [0.4, 0.5) is 0 Å². The molecule has 0 amide bonds. The molecule has 116 valence electrons. The van der Waals surface area contributed by atoms with E-state index in [0.29, 0.717) is 38.6 Å². The van der Waals surface area contributed by atoms with Crippen LogP contribution in [-0.4, -0.2) is 16.7 Å². The number of thioether (sulfide) groups is 1. The van der Waals surface area contributed by atoms with E-state index in [1.165, 1.54) is 6.20 Å². The van der Waals surface area contributed by atoms with Crippen LogP contribution in [0, 0.1) is 0 Å². The first kappa shape index (κ1) is 15.9. The third kappa shape index (κ3) is 3.05. The lowest BCUT2D eigenvalue weighted by Gasteiger charge is -2.10. The van der Waals surface area contributed by atoms with Crippen LogP contribution in [0.5, 0.6) is 0 Å². The largest absolute Gasteiger partial charge is 0.360 e. The van der Waals surface area contributed by atoms with E-state index in [9.17, 15) is 4.79 Å². The van der Waals surface area contributed by atoms with Crippen molar-refractivity contribution in [1.29, 1.82) is 0 Å². The Labute approximate surface area is 143 Å². The number of ketones is 1. The molecule has 1 aliphatic rings. The number of rotatable bonds is 6. The molecular formula is C16H15Cl2NO2S. The van der Waals surface area contributed by atoms with E-state index >= 15 is 0 Å². The van der Waals surface area contributed by atoms with Crippen molar-refractivity contribution in [2.24, 2.45) is 0 Å². The number of nitrogens with zero attached hydrogens (tertiary/aromatic N) is 1. The molecule has 1 aliphatic carbocycles. The second-order valence-electron chi connectivity index (χ2n) is 5.23. The second-order valence-corrected chi connectivity index (χ2v) is 7.29. The van der Waals surface area contributed by atoms with Gasteiger partial charge in [0.25, 0.3) is 0 Å². The highest BCUT2D eigenvalue weighted by molar-refractivity contribution is 7.98. The van der Waals surface area contributed by atoms with Crippen molar-refractivity contribution in [3.63, 3.8) is 0 Å². The van der Waals surface area contributed by atoms with Crippen LogP contribution in [0.15, 0.2) is 22.9 Å². The summed E-state index contributed by atoms with van der Waals surface area (Å²) in [5.74, 6) is 2.51. The molecule has 1 aromatic heterocycles. The Bertz CT molecular complexity index is 710. The van der Waals surface area contributed by atoms with Crippen molar-refractivity contribution in [3.8, 4) is 0 Å². The Morgan fingerprint density at radius 2 is 2.14 bits per heavy atom. The van der Waals surface area contributed by atoms with Gasteiger partial charge in [-0.1, -0.05) is 35.3 Å². The summed E-state index contributed by atoms with van der Waals surface area (Å²) in [6.07, 6.45) is 3.58. The molecular weight excluding hydrogens is 341 g/mol. The summed E-state index contributed by atoms with van der Waals surface area (Å²) in [6.45, 7) is 2.07. The molecule has 1 saturated carbocycles. The summed E-state index contributed by atoms with van der Waals surface area (Å²) in [5.41, 5.74) is 1.79. The molecule has 0 aliphatic heterocycles. The minimum absolute atomic E-state index is 0.146. The molecule has 0 bridgehead atoms. The fourth-order valence-corrected chi connectivity index (χ4v) is 3.77. The SMILES string of the molecule is CCSCc1c(Cl)ccc(C(=O)c2cnoc2C2CC2)c1Cl. The first-order chi connectivity index (χ1) is 10.6. The van der Waals surface area contributed by atoms with E-state index in [1.54, 1.807) is 23.9 Å². The number of aromatic nitrogens is 1. The van der Waals surface area contributed by atoms with Crippen LogP contribution in [-0.2, 0) is 5.75 Å². The predicted molar refractivity (Wildman–Crippen MR) is 90.2 cm³/mol. The summed E-state index contributed by atoms with van der Waals surface area (Å²) in [6, 6.07) is 3.41. The lowest BCUT2D eigenvalue weighted by atomic mass is 10.0. The number of benzene rings is 1. The maximum Gasteiger partial charge on any atom is 0.199 e. The van der Waals surface area contributed by atoms with Gasteiger partial charge in [-0.25, -0.2) is 0 Å². The van der Waals surface area contributed by atoms with Gasteiger partial charge in [0.1, 0.15) is 0 Å². The molecule has 0 saturated heterocycles. The third-order valence-electron chi connectivity index (χ3n) is 3.67. The fourth-order valence-electron chi connectivity index (χ4n) is 2.31. The summed E-state index contributed by atoms with van der Waals surface area (Å²) in [7, 11) is 0. The minimum Gasteiger partial charge on any atom is -0.360 e. The molecule has 0 radical (unpaired) electrons. The molecule has 3 rings (SSSR count). The molecule has 0 N–H and O–H groups in total. The van der Waals surface area contributed by atoms with Crippen molar-refractivity contribution in [2.75, 3.05) is 5.75 Å². The molecule has 6 heteroatoms. The van der Waals surface area contributed by atoms with Gasteiger partial charge in [-0.2, -0.15) is 11.8 Å². The van der Waals surface area contributed by atoms with E-state index < -0.39 is 0 Å². The molecule has 1 heterocycles. The summed E-state index contributed by atoms with van der Waals surface area (Å²) >= 11 is 14.4. The zero-order valence-electron chi connectivity index (χ0n) is 12.1. The Kier molecular flexibility index (Phi) is 4.81. The van der Waals surface area contributed by atoms with E-state index in [2.05, 4.69) is 12.1 Å². The maximum atomic E-state index is 12.8. The molecule has 2 aromatic rings. The van der Waals surface area contributed by atoms with Crippen LogP contribution in [0.1, 0.15) is 52.9 Å². The highest BCUT2D eigenvalue weighted by Gasteiger charge is 2.33. The van der Waals surface area contributed by atoms with Crippen molar-refractivity contribution in [2.45, 2.75) is 31.4 Å². The number of hydrogen-bond donors (Lipinski definition) is 0. The Balaban J connectivity index is 1.97. The molecule has 0 atom stereocenters. The molecule has 1 fully saturated rings. The van der Waals surface area contributed by atoms with Crippen LogP contribution in [0.2, 0.25) is 10.0 Å². The normalized spacial score (nSPS) is 14.3. The van der Waals surface area contributed by atoms with Crippen molar-refractivity contribution in [3.05, 3.63) is 50.8 Å². The Morgan fingerprint density at radius 3 is 2.82 bits per heavy atom. The molecule has 0 spiro atoms. The Hall–Kier alpha value is -0.970. The van der Waals surface area contributed by atoms with Gasteiger partial charge in [-0.05, 0) is 36.3 Å². The summed E-state index contributed by atoms with van der Waals surface area (Å²) in [5, 5.41) is 4.80. The maximum absolute atomic E-state index is 12.8. The van der Waals surface area contributed by atoms with Gasteiger partial charge >= 0.3 is 0 Å². The summed E-state index contributed by atoms with van der Waals surface area (Å²) in [4.78, 5) is 12.8. The van der Waals surface area contributed by atoms with Gasteiger partial charge < -0.3 is 4.52 Å². The van der Waals surface area contributed by atoms with Crippen molar-refractivity contribution >= 4 is 40.7 Å². The average molecular weight is 356 g/mol. The van der Waals surface area contributed by atoms with Gasteiger partial charge in [0.2, 0.25) is 0 Å². The van der Waals surface area contributed by atoms with Gasteiger partial charge in [0, 0.05) is 22.3 Å². The second kappa shape index (κ2) is 6.65. The average Bonchev–Trinajstić information content (AvgIpc) is 3.23. The quantitative estimate of drug-likeness (QED) is 0.655. The lowest BCUT2D eigenvalue weighted by molar-refractivity contribution is 0.103. The van der Waals surface area contributed by atoms with Gasteiger partial charge in [0.15, 0.2) is 11.5 Å². The van der Waals surface area contributed by atoms with Crippen LogP contribution in [0.25, 0.3) is 0 Å². The smallest absolute Gasteiger partial charge is 0.199 e. The monoisotopic (exact) mass is 355 g/mol. The summed E-state index contributed by atoms with van der Waals surface area (Å²) < 4.78 is 5.25. The minimum atomic E-state index is -0.146. The van der Waals surface area contributed by atoms with Crippen LogP contribution < -0.4 is 0 Å². The first-order valence-electron chi connectivity index (χ1n) is 7.17. The number of carbonyl (C=O) groups excluding carboxylic acids is 1. The predicted octanol–water partition coefficient (Wildman–Crippen LogP) is 5.34. The molecule has 22 heavy (non-hydrogen) atoms. The Morgan fingerprint density at radius 1 is 1.36 bits per heavy atom. The highest BCUT2D eigenvalue weighted by Crippen LogP contribution is 2.42. The fraction of sp³-hybridized carbons (Fsp3) is 0.375. The third-order valence-corrected chi connectivity index (χ3v) is 5.36. The van der Waals surface area contributed by atoms with Crippen LogP contribution in [0.3, 0.4) is 0 Å². The van der Waals surface area contributed by atoms with Gasteiger partial charge in [0.05, 0.1) is 16.8 Å². The first-order valence-corrected chi connectivity index (χ1v) is 9.08.